The molecule has 0 N–H and O–H groups in total. The minimum atomic E-state index is 0.653. The van der Waals surface area contributed by atoms with E-state index < -0.39 is 0 Å². The van der Waals surface area contributed by atoms with Gasteiger partial charge >= 0.3 is 5.71 Å². The lowest BCUT2D eigenvalue weighted by atomic mass is 10.4. The molecule has 0 saturated carbocycles. The van der Waals surface area contributed by atoms with E-state index in [0.29, 0.717) is 5.71 Å². The summed E-state index contributed by atoms with van der Waals surface area (Å²) in [6.07, 6.45) is 3.70. The molecule has 0 amide bonds. The maximum absolute atomic E-state index is 8.35. The Kier molecular flexibility index (Phi) is 2.42. The second-order valence-corrected chi connectivity index (χ2v) is 3.72. The van der Waals surface area contributed by atoms with Gasteiger partial charge in [-0.25, -0.2) is 0 Å². The molecule has 2 nitrogen and oxygen atoms in total. The van der Waals surface area contributed by atoms with E-state index in [9.17, 15) is 0 Å². The minimum absolute atomic E-state index is 0.653. The monoisotopic (exact) mass is 344 g/mol. The Labute approximate surface area is 79.9 Å². The summed E-state index contributed by atoms with van der Waals surface area (Å²) in [5.41, 5.74) is 9.00. The number of nitrogens with zero attached hydrogens (tertiary/aromatic N) is 2. The van der Waals surface area contributed by atoms with Gasteiger partial charge in [-0.2, -0.15) is 4.79 Å². The molecule has 0 aromatic heterocycles. The van der Waals surface area contributed by atoms with Crippen molar-refractivity contribution in [3.05, 3.63) is 24.8 Å². The van der Waals surface area contributed by atoms with Gasteiger partial charge in [-0.3, -0.25) is 0 Å². The summed E-state index contributed by atoms with van der Waals surface area (Å²) in [6.45, 7) is 0. The maximum Gasteiger partial charge on any atom is 0.329 e. The summed E-state index contributed by atoms with van der Waals surface area (Å²) in [7, 11) is 0. The van der Waals surface area contributed by atoms with Gasteiger partial charge < -0.3 is 5.53 Å². The van der Waals surface area contributed by atoms with Crippen LogP contribution in [0.3, 0.4) is 0 Å². The van der Waals surface area contributed by atoms with E-state index in [4.69, 9.17) is 5.53 Å². The Morgan fingerprint density at radius 2 is 2.00 bits per heavy atom. The van der Waals surface area contributed by atoms with E-state index in [0.717, 1.165) is 7.16 Å². The summed E-state index contributed by atoms with van der Waals surface area (Å²) in [5, 5.41) is 0. The van der Waals surface area contributed by atoms with Gasteiger partial charge in [-0.1, -0.05) is 0 Å². The van der Waals surface area contributed by atoms with Gasteiger partial charge in [0.15, 0.2) is 0 Å². The van der Waals surface area contributed by atoms with Crippen molar-refractivity contribution in [2.45, 2.75) is 0 Å². The zero-order valence-corrected chi connectivity index (χ0v) is 8.62. The number of halogens is 2. The van der Waals surface area contributed by atoms with E-state index >= 15 is 0 Å². The van der Waals surface area contributed by atoms with Crippen molar-refractivity contribution in [1.82, 2.24) is 0 Å². The fourth-order valence-electron chi connectivity index (χ4n) is 0.498. The van der Waals surface area contributed by atoms with Crippen LogP contribution in [0.2, 0.25) is 0 Å². The molecule has 1 rings (SSSR count). The van der Waals surface area contributed by atoms with Crippen LogP contribution in [0.1, 0.15) is 0 Å². The van der Waals surface area contributed by atoms with Crippen molar-refractivity contribution < 1.29 is 4.79 Å². The molecule has 46 valence electrons. The molecule has 0 aromatic carbocycles. The largest absolute Gasteiger partial charge is 0.361 e. The first-order valence-electron chi connectivity index (χ1n) is 2.21. The molecule has 0 aromatic rings. The van der Waals surface area contributed by atoms with Crippen LogP contribution in [0.15, 0.2) is 19.3 Å². The first-order chi connectivity index (χ1) is 4.25. The first-order valence-corrected chi connectivity index (χ1v) is 4.37. The number of allylic oxidation sites excluding steroid dienone is 4. The maximum atomic E-state index is 8.35. The summed E-state index contributed by atoms with van der Waals surface area (Å²) in [6, 6.07) is 0. The lowest BCUT2D eigenvalue weighted by Crippen LogP contribution is -1.88. The van der Waals surface area contributed by atoms with Crippen molar-refractivity contribution in [2.24, 2.45) is 0 Å². The highest BCUT2D eigenvalue weighted by Crippen LogP contribution is 2.26. The molecule has 9 heavy (non-hydrogen) atoms. The predicted octanol–water partition coefficient (Wildman–Crippen LogP) is 2.31. The fraction of sp³-hybridized carbons (Fsp3) is 0. The number of rotatable bonds is 0. The molecule has 0 radical (unpaired) electrons. The molecular formula is C5H2I2N2. The lowest BCUT2D eigenvalue weighted by molar-refractivity contribution is -0.00146. The molecule has 0 saturated heterocycles. The van der Waals surface area contributed by atoms with Crippen molar-refractivity contribution in [3.63, 3.8) is 0 Å². The Morgan fingerprint density at radius 3 is 2.22 bits per heavy atom. The van der Waals surface area contributed by atoms with Crippen LogP contribution in [0.25, 0.3) is 5.53 Å². The van der Waals surface area contributed by atoms with E-state index in [1.807, 2.05) is 6.08 Å². The smallest absolute Gasteiger partial charge is 0.329 e. The first kappa shape index (κ1) is 7.43. The van der Waals surface area contributed by atoms with E-state index in [1.165, 1.54) is 0 Å². The minimum Gasteiger partial charge on any atom is -0.361 e. The van der Waals surface area contributed by atoms with Gasteiger partial charge in [-0.05, 0) is 51.3 Å². The van der Waals surface area contributed by atoms with Crippen LogP contribution in [-0.4, -0.2) is 10.5 Å². The Bertz CT molecular complexity index is 246. The summed E-state index contributed by atoms with van der Waals surface area (Å²) in [4.78, 5) is 3.08. The molecule has 1 aliphatic carbocycles. The summed E-state index contributed by atoms with van der Waals surface area (Å²) >= 11 is 4.33. The number of hydrogen-bond acceptors (Lipinski definition) is 0. The van der Waals surface area contributed by atoms with E-state index in [-0.39, 0.29) is 0 Å². The van der Waals surface area contributed by atoms with E-state index in [1.54, 1.807) is 6.08 Å². The van der Waals surface area contributed by atoms with Gasteiger partial charge in [0.05, 0.1) is 0 Å². The van der Waals surface area contributed by atoms with E-state index in [2.05, 4.69) is 50.0 Å². The summed E-state index contributed by atoms with van der Waals surface area (Å²) in [5.74, 6) is 0. The second-order valence-electron chi connectivity index (χ2n) is 1.48. The Morgan fingerprint density at radius 1 is 1.33 bits per heavy atom. The molecular weight excluding hydrogens is 342 g/mol. The van der Waals surface area contributed by atoms with Crippen LogP contribution in [0, 0.1) is 0 Å². The molecule has 0 fully saturated rings. The van der Waals surface area contributed by atoms with Crippen molar-refractivity contribution in [1.29, 1.82) is 0 Å². The third kappa shape index (κ3) is 1.42. The van der Waals surface area contributed by atoms with Crippen LogP contribution < -0.4 is 0 Å². The molecule has 0 aliphatic heterocycles. The third-order valence-corrected chi connectivity index (χ3v) is 3.99. The van der Waals surface area contributed by atoms with Crippen molar-refractivity contribution in [2.75, 3.05) is 0 Å². The lowest BCUT2D eigenvalue weighted by Gasteiger charge is -1.79. The van der Waals surface area contributed by atoms with Gasteiger partial charge in [0.25, 0.3) is 0 Å². The molecule has 1 aliphatic rings. The molecule has 0 heterocycles. The topological polar surface area (TPSA) is 36.4 Å². The average Bonchev–Trinajstić information content (AvgIpc) is 2.15. The third-order valence-electron chi connectivity index (χ3n) is 0.930. The molecule has 0 unspecified atom stereocenters. The normalized spacial score (nSPS) is 16.9. The zero-order valence-electron chi connectivity index (χ0n) is 4.31. The van der Waals surface area contributed by atoms with Gasteiger partial charge in [-0.15, -0.1) is 0 Å². The molecule has 0 bridgehead atoms. The quantitative estimate of drug-likeness (QED) is 0.368. The van der Waals surface area contributed by atoms with Gasteiger partial charge in [0.2, 0.25) is 0 Å². The fourth-order valence-corrected chi connectivity index (χ4v) is 1.42. The predicted molar refractivity (Wildman–Crippen MR) is 52.8 cm³/mol. The number of hydrogen-bond donors (Lipinski definition) is 0. The highest BCUT2D eigenvalue weighted by molar-refractivity contribution is 14.1. The van der Waals surface area contributed by atoms with Crippen LogP contribution >= 0.6 is 45.2 Å². The van der Waals surface area contributed by atoms with Crippen LogP contribution in [0.4, 0.5) is 0 Å². The standard InChI is InChI=1S/C5H2I2N2/c6-3-1-2-4(9-8)5(3)7/h1-2H. The zero-order chi connectivity index (χ0) is 6.85. The summed E-state index contributed by atoms with van der Waals surface area (Å²) < 4.78 is 2.14. The molecule has 0 spiro atoms. The van der Waals surface area contributed by atoms with Crippen molar-refractivity contribution >= 4 is 50.9 Å². The highest BCUT2D eigenvalue weighted by atomic mass is 127. The van der Waals surface area contributed by atoms with Crippen LogP contribution in [0.5, 0.6) is 0 Å². The van der Waals surface area contributed by atoms with Crippen molar-refractivity contribution in [3.8, 4) is 0 Å². The van der Waals surface area contributed by atoms with Gasteiger partial charge in [0, 0.05) is 9.66 Å². The molecule has 4 heteroatoms. The average molecular weight is 344 g/mol. The highest BCUT2D eigenvalue weighted by Gasteiger charge is 2.16. The molecule has 0 atom stereocenters. The van der Waals surface area contributed by atoms with Crippen LogP contribution in [-0.2, 0) is 0 Å². The SMILES string of the molecule is [N-]=[N+]=C1C=CC(I)=C1I. The Balaban J connectivity index is 3.15. The second kappa shape index (κ2) is 2.94. The van der Waals surface area contributed by atoms with Gasteiger partial charge in [0.1, 0.15) is 3.58 Å². The Hall–Kier alpha value is 0.320.